The molecule has 28 heavy (non-hydrogen) atoms. The molecule has 0 atom stereocenters. The van der Waals surface area contributed by atoms with Crippen molar-refractivity contribution in [3.05, 3.63) is 66.5 Å². The molecule has 1 aromatic heterocycles. The highest BCUT2D eigenvalue weighted by Gasteiger charge is 2.04. The van der Waals surface area contributed by atoms with Gasteiger partial charge in [0.2, 0.25) is 6.34 Å². The molecule has 0 radical (unpaired) electrons. The van der Waals surface area contributed by atoms with E-state index in [0.29, 0.717) is 0 Å². The Morgan fingerprint density at radius 1 is 0.821 bits per heavy atom. The first-order valence-electron chi connectivity index (χ1n) is 9.94. The first-order valence-corrected chi connectivity index (χ1v) is 9.94. The third-order valence-corrected chi connectivity index (χ3v) is 4.64. The number of benzene rings is 2. The molecular weight excluding hydrogens is 344 g/mol. The lowest BCUT2D eigenvalue weighted by Crippen LogP contribution is -2.07. The number of anilines is 1. The minimum absolute atomic E-state index is 0.730. The van der Waals surface area contributed by atoms with Crippen LogP contribution in [0.2, 0.25) is 0 Å². The van der Waals surface area contributed by atoms with Crippen molar-refractivity contribution in [3.8, 4) is 22.5 Å². The van der Waals surface area contributed by atoms with Crippen molar-refractivity contribution in [2.75, 3.05) is 19.4 Å². The quantitative estimate of drug-likeness (QED) is 0.254. The summed E-state index contributed by atoms with van der Waals surface area (Å²) in [4.78, 5) is 8.93. The molecule has 0 fully saturated rings. The van der Waals surface area contributed by atoms with E-state index in [1.54, 1.807) is 12.4 Å². The molecule has 0 aliphatic rings. The molecule has 4 heteroatoms. The highest BCUT2D eigenvalue weighted by Crippen LogP contribution is 2.24. The number of rotatable bonds is 8. The monoisotopic (exact) mass is 373 g/mol. The summed E-state index contributed by atoms with van der Waals surface area (Å²) in [6, 6.07) is 17.4. The minimum Gasteiger partial charge on any atom is -0.273 e. The molecule has 0 aliphatic carbocycles. The Bertz CT molecular complexity index is 891. The van der Waals surface area contributed by atoms with Gasteiger partial charge in [0.15, 0.2) is 11.5 Å². The lowest BCUT2D eigenvalue weighted by molar-refractivity contribution is -0.459. The second kappa shape index (κ2) is 9.79. The van der Waals surface area contributed by atoms with Gasteiger partial charge in [-0.25, -0.2) is 15.3 Å². The maximum Gasteiger partial charge on any atom is 0.236 e. The van der Waals surface area contributed by atoms with Gasteiger partial charge in [-0.1, -0.05) is 68.3 Å². The van der Waals surface area contributed by atoms with E-state index in [4.69, 9.17) is 0 Å². The topological polar surface area (TPSA) is 40.8 Å². The fraction of sp³-hybridized carbons (Fsp3) is 0.292. The molecule has 1 N–H and O–H groups in total. The zero-order valence-corrected chi connectivity index (χ0v) is 17.0. The summed E-state index contributed by atoms with van der Waals surface area (Å²) in [6.07, 6.45) is 10.5. The van der Waals surface area contributed by atoms with Crippen molar-refractivity contribution >= 4 is 12.0 Å². The number of nitrogens with zero attached hydrogens (tertiary/aromatic N) is 3. The lowest BCUT2D eigenvalue weighted by Gasteiger charge is -2.06. The summed E-state index contributed by atoms with van der Waals surface area (Å²) in [5.74, 6) is 0.730. The molecule has 0 saturated heterocycles. The van der Waals surface area contributed by atoms with Crippen LogP contribution in [0.4, 0.5) is 5.69 Å². The van der Waals surface area contributed by atoms with Gasteiger partial charge in [0.1, 0.15) is 0 Å². The van der Waals surface area contributed by atoms with Crippen LogP contribution in [0.15, 0.2) is 60.9 Å². The molecule has 144 valence electrons. The van der Waals surface area contributed by atoms with E-state index in [9.17, 15) is 0 Å². The zero-order chi connectivity index (χ0) is 19.8. The number of unbranched alkanes of at least 4 members (excludes halogenated alkanes) is 2. The van der Waals surface area contributed by atoms with Crippen molar-refractivity contribution in [1.82, 2.24) is 9.97 Å². The molecule has 0 spiro atoms. The summed E-state index contributed by atoms with van der Waals surface area (Å²) in [5, 5.41) is 3.15. The van der Waals surface area contributed by atoms with Crippen molar-refractivity contribution in [2.45, 2.75) is 32.6 Å². The van der Waals surface area contributed by atoms with Gasteiger partial charge in [-0.2, -0.15) is 0 Å². The highest BCUT2D eigenvalue weighted by atomic mass is 15.0. The first-order chi connectivity index (χ1) is 13.7. The molecular formula is C24H29N4+. The minimum atomic E-state index is 0.730. The summed E-state index contributed by atoms with van der Waals surface area (Å²) in [6.45, 7) is 2.24. The Morgan fingerprint density at radius 3 is 1.96 bits per heavy atom. The van der Waals surface area contributed by atoms with Crippen LogP contribution >= 0.6 is 0 Å². The number of aryl methyl sites for hydroxylation is 1. The van der Waals surface area contributed by atoms with Crippen LogP contribution in [0, 0.1) is 0 Å². The number of nitrogens with one attached hydrogen (secondary N) is 1. The Labute approximate surface area is 168 Å². The van der Waals surface area contributed by atoms with Gasteiger partial charge < -0.3 is 0 Å². The molecule has 0 amide bonds. The predicted molar refractivity (Wildman–Crippen MR) is 118 cm³/mol. The molecule has 3 rings (SSSR count). The Hall–Kier alpha value is -3.01. The largest absolute Gasteiger partial charge is 0.273 e. The molecule has 0 aliphatic heterocycles. The summed E-state index contributed by atoms with van der Waals surface area (Å²) < 4.78 is 1.93. The van der Waals surface area contributed by atoms with Crippen LogP contribution in [-0.4, -0.2) is 35.0 Å². The molecule has 0 bridgehead atoms. The van der Waals surface area contributed by atoms with Gasteiger partial charge in [-0.15, -0.1) is 0 Å². The molecule has 1 heterocycles. The summed E-state index contributed by atoms with van der Waals surface area (Å²) in [7, 11) is 3.92. The number of hydrogen-bond donors (Lipinski definition) is 1. The van der Waals surface area contributed by atoms with Gasteiger partial charge in [-0.3, -0.25) is 4.58 Å². The number of hydrogen-bond acceptors (Lipinski definition) is 2. The lowest BCUT2D eigenvalue weighted by atomic mass is 10.0. The summed E-state index contributed by atoms with van der Waals surface area (Å²) >= 11 is 0. The van der Waals surface area contributed by atoms with Crippen LogP contribution in [0.1, 0.15) is 31.7 Å². The van der Waals surface area contributed by atoms with Gasteiger partial charge in [0.05, 0.1) is 26.5 Å². The van der Waals surface area contributed by atoms with E-state index in [2.05, 4.69) is 70.7 Å². The van der Waals surface area contributed by atoms with Crippen LogP contribution in [-0.2, 0) is 6.42 Å². The SMILES string of the molecule is CCCCCc1ccc(-c2ccc(-c3ncc(NC=[N+](C)C)cn3)cc2)cc1. The molecule has 3 aromatic rings. The highest BCUT2D eigenvalue weighted by molar-refractivity contribution is 5.72. The van der Waals surface area contributed by atoms with Crippen LogP contribution in [0.5, 0.6) is 0 Å². The predicted octanol–water partition coefficient (Wildman–Crippen LogP) is 5.26. The Balaban J connectivity index is 1.67. The maximum absolute atomic E-state index is 4.46. The van der Waals surface area contributed by atoms with E-state index < -0.39 is 0 Å². The third kappa shape index (κ3) is 5.49. The Kier molecular flexibility index (Phi) is 6.90. The van der Waals surface area contributed by atoms with E-state index >= 15 is 0 Å². The summed E-state index contributed by atoms with van der Waals surface area (Å²) in [5.41, 5.74) is 5.76. The second-order valence-electron chi connectivity index (χ2n) is 7.26. The van der Waals surface area contributed by atoms with Crippen LogP contribution in [0.3, 0.4) is 0 Å². The van der Waals surface area contributed by atoms with E-state index in [-0.39, 0.29) is 0 Å². The van der Waals surface area contributed by atoms with Crippen LogP contribution in [0.25, 0.3) is 22.5 Å². The van der Waals surface area contributed by atoms with E-state index in [0.717, 1.165) is 17.1 Å². The van der Waals surface area contributed by atoms with E-state index in [1.807, 2.05) is 25.0 Å². The number of aromatic nitrogens is 2. The van der Waals surface area contributed by atoms with Crippen molar-refractivity contribution in [3.63, 3.8) is 0 Å². The van der Waals surface area contributed by atoms with Crippen molar-refractivity contribution in [2.24, 2.45) is 0 Å². The first kappa shape index (κ1) is 19.7. The van der Waals surface area contributed by atoms with E-state index in [1.165, 1.54) is 42.4 Å². The second-order valence-corrected chi connectivity index (χ2v) is 7.26. The fourth-order valence-corrected chi connectivity index (χ4v) is 3.01. The van der Waals surface area contributed by atoms with Crippen LogP contribution < -0.4 is 5.32 Å². The average Bonchev–Trinajstić information content (AvgIpc) is 2.73. The normalized spacial score (nSPS) is 10.5. The van der Waals surface area contributed by atoms with Gasteiger partial charge in [0.25, 0.3) is 0 Å². The smallest absolute Gasteiger partial charge is 0.236 e. The van der Waals surface area contributed by atoms with Gasteiger partial charge >= 0.3 is 0 Å². The molecule has 0 saturated carbocycles. The zero-order valence-electron chi connectivity index (χ0n) is 17.0. The molecule has 4 nitrogen and oxygen atoms in total. The fourth-order valence-electron chi connectivity index (χ4n) is 3.01. The maximum atomic E-state index is 4.46. The Morgan fingerprint density at radius 2 is 1.39 bits per heavy atom. The van der Waals surface area contributed by atoms with Crippen molar-refractivity contribution in [1.29, 1.82) is 0 Å². The molecule has 0 unspecified atom stereocenters. The standard InChI is InChI=1S/C24H28N4/c1-4-5-6-7-19-8-10-20(11-9-19)21-12-14-22(15-13-21)24-25-16-23(17-26-24)27-18-28(2)3/h8-18H,4-7H2,1-3H3/p+1. The molecule has 2 aromatic carbocycles. The third-order valence-electron chi connectivity index (χ3n) is 4.64. The average molecular weight is 374 g/mol. The van der Waals surface area contributed by atoms with Gasteiger partial charge in [-0.05, 0) is 29.5 Å². The van der Waals surface area contributed by atoms with Crippen molar-refractivity contribution < 1.29 is 4.58 Å². The van der Waals surface area contributed by atoms with Gasteiger partial charge in [0, 0.05) is 5.56 Å².